The Morgan fingerprint density at radius 2 is 2.13 bits per heavy atom. The van der Waals surface area contributed by atoms with E-state index in [0.29, 0.717) is 5.56 Å². The van der Waals surface area contributed by atoms with Gasteiger partial charge in [0.05, 0.1) is 18.2 Å². The molecular weight excluding hydrogens is 318 g/mol. The summed E-state index contributed by atoms with van der Waals surface area (Å²) in [6.45, 7) is 3.73. The molecule has 1 aromatic rings. The second-order valence-corrected chi connectivity index (χ2v) is 5.78. The summed E-state index contributed by atoms with van der Waals surface area (Å²) < 4.78 is 4.46. The highest BCUT2D eigenvalue weighted by molar-refractivity contribution is 8.18. The molecule has 0 bridgehead atoms. The van der Waals surface area contributed by atoms with Crippen molar-refractivity contribution in [3.63, 3.8) is 0 Å². The van der Waals surface area contributed by atoms with Gasteiger partial charge < -0.3 is 9.84 Å². The number of hydrogen-bond acceptors (Lipinski definition) is 7. The molecule has 0 atom stereocenters. The van der Waals surface area contributed by atoms with Crippen molar-refractivity contribution in [2.75, 3.05) is 7.11 Å². The summed E-state index contributed by atoms with van der Waals surface area (Å²) in [5, 5.41) is 20.4. The lowest BCUT2D eigenvalue weighted by Crippen LogP contribution is -2.19. The van der Waals surface area contributed by atoms with Gasteiger partial charge in [-0.05, 0) is 42.8 Å². The quantitative estimate of drug-likeness (QED) is 0.379. The van der Waals surface area contributed by atoms with E-state index in [2.05, 4.69) is 20.3 Å². The zero-order valence-electron chi connectivity index (χ0n) is 12.8. The lowest BCUT2D eigenvalue weighted by molar-refractivity contribution is -0.135. The summed E-state index contributed by atoms with van der Waals surface area (Å²) in [6, 6.07) is 3.54. The molecule has 0 radical (unpaired) electrons. The van der Waals surface area contributed by atoms with Gasteiger partial charge in [0.25, 0.3) is 5.91 Å². The number of aromatic hydroxyl groups is 1. The molecule has 23 heavy (non-hydrogen) atoms. The SMILES string of the molecule is COC(=O)/C=C1/S/C(=N\N=Cc2c(C)cc(C)cc2O)NC1=O. The molecule has 1 aromatic carbocycles. The Morgan fingerprint density at radius 1 is 1.39 bits per heavy atom. The number of hydrogen-bond donors (Lipinski definition) is 2. The fraction of sp³-hybridized carbons (Fsp3) is 0.200. The van der Waals surface area contributed by atoms with Crippen molar-refractivity contribution in [3.8, 4) is 5.75 Å². The summed E-state index contributed by atoms with van der Waals surface area (Å²) in [4.78, 5) is 22.9. The van der Waals surface area contributed by atoms with Crippen LogP contribution in [0.5, 0.6) is 5.75 Å². The van der Waals surface area contributed by atoms with Crippen LogP contribution in [0.25, 0.3) is 0 Å². The third kappa shape index (κ3) is 4.19. The topological polar surface area (TPSA) is 100 Å². The van der Waals surface area contributed by atoms with Crippen molar-refractivity contribution in [3.05, 3.63) is 39.8 Å². The van der Waals surface area contributed by atoms with Crippen molar-refractivity contribution >= 4 is 35.0 Å². The number of phenolic OH excluding ortho intramolecular Hbond substituents is 1. The van der Waals surface area contributed by atoms with E-state index in [0.717, 1.165) is 29.0 Å². The Morgan fingerprint density at radius 3 is 2.78 bits per heavy atom. The number of aryl methyl sites for hydroxylation is 2. The summed E-state index contributed by atoms with van der Waals surface area (Å²) in [5.74, 6) is -0.947. The van der Waals surface area contributed by atoms with Crippen molar-refractivity contribution < 1.29 is 19.4 Å². The smallest absolute Gasteiger partial charge is 0.331 e. The fourth-order valence-electron chi connectivity index (χ4n) is 1.90. The summed E-state index contributed by atoms with van der Waals surface area (Å²) in [6.07, 6.45) is 2.49. The summed E-state index contributed by atoms with van der Waals surface area (Å²) in [5.41, 5.74) is 2.36. The monoisotopic (exact) mass is 333 g/mol. The second-order valence-electron chi connectivity index (χ2n) is 4.75. The first-order chi connectivity index (χ1) is 10.9. The molecule has 120 valence electrons. The molecule has 8 heteroatoms. The number of methoxy groups -OCH3 is 1. The Hall–Kier alpha value is -2.61. The van der Waals surface area contributed by atoms with Crippen LogP contribution in [-0.4, -0.2) is 35.5 Å². The molecule has 1 aliphatic rings. The van der Waals surface area contributed by atoms with E-state index >= 15 is 0 Å². The molecule has 1 saturated heterocycles. The fourth-order valence-corrected chi connectivity index (χ4v) is 2.64. The average molecular weight is 333 g/mol. The van der Waals surface area contributed by atoms with Crippen LogP contribution in [0.2, 0.25) is 0 Å². The van der Waals surface area contributed by atoms with Crippen molar-refractivity contribution in [2.24, 2.45) is 10.2 Å². The number of amidine groups is 1. The van der Waals surface area contributed by atoms with Gasteiger partial charge in [-0.2, -0.15) is 5.10 Å². The Balaban J connectivity index is 2.14. The minimum atomic E-state index is -0.618. The molecular formula is C15H15N3O4S. The van der Waals surface area contributed by atoms with Crippen LogP contribution in [0, 0.1) is 13.8 Å². The number of nitrogens with zero attached hydrogens (tertiary/aromatic N) is 2. The molecule has 0 aromatic heterocycles. The summed E-state index contributed by atoms with van der Waals surface area (Å²) >= 11 is 0.982. The number of rotatable bonds is 3. The van der Waals surface area contributed by atoms with Crippen LogP contribution in [0.4, 0.5) is 0 Å². The minimum Gasteiger partial charge on any atom is -0.507 e. The van der Waals surface area contributed by atoms with Crippen LogP contribution in [0.3, 0.4) is 0 Å². The largest absolute Gasteiger partial charge is 0.507 e. The van der Waals surface area contributed by atoms with Gasteiger partial charge >= 0.3 is 5.97 Å². The van der Waals surface area contributed by atoms with Gasteiger partial charge in [0.2, 0.25) is 0 Å². The molecule has 0 spiro atoms. The van der Waals surface area contributed by atoms with Crippen LogP contribution >= 0.6 is 11.8 Å². The first kappa shape index (κ1) is 16.8. The maximum absolute atomic E-state index is 11.6. The van der Waals surface area contributed by atoms with E-state index in [4.69, 9.17) is 0 Å². The van der Waals surface area contributed by atoms with Crippen molar-refractivity contribution in [2.45, 2.75) is 13.8 Å². The number of nitrogens with one attached hydrogen (secondary N) is 1. The van der Waals surface area contributed by atoms with E-state index in [1.807, 2.05) is 19.9 Å². The Kier molecular flexibility index (Phi) is 5.17. The van der Waals surface area contributed by atoms with Crippen molar-refractivity contribution in [1.29, 1.82) is 0 Å². The highest BCUT2D eigenvalue weighted by Gasteiger charge is 2.25. The van der Waals surface area contributed by atoms with Gasteiger partial charge in [-0.1, -0.05) is 6.07 Å². The molecule has 0 aliphatic carbocycles. The van der Waals surface area contributed by atoms with Gasteiger partial charge in [0, 0.05) is 11.6 Å². The number of esters is 1. The van der Waals surface area contributed by atoms with Gasteiger partial charge in [-0.3, -0.25) is 10.1 Å². The molecule has 7 nitrogen and oxygen atoms in total. The first-order valence-corrected chi connectivity index (χ1v) is 7.42. The third-order valence-electron chi connectivity index (χ3n) is 2.95. The number of amides is 1. The zero-order chi connectivity index (χ0) is 17.0. The van der Waals surface area contributed by atoms with Crippen LogP contribution in [0.15, 0.2) is 33.3 Å². The number of thioether (sulfide) groups is 1. The number of phenols is 1. The predicted octanol–water partition coefficient (Wildman–Crippen LogP) is 1.62. The number of carbonyl (C=O) groups excluding carboxylic acids is 2. The maximum Gasteiger partial charge on any atom is 0.331 e. The lowest BCUT2D eigenvalue weighted by Gasteiger charge is -2.04. The molecule has 0 unspecified atom stereocenters. The molecule has 1 heterocycles. The highest BCUT2D eigenvalue weighted by atomic mass is 32.2. The second kappa shape index (κ2) is 7.10. The summed E-state index contributed by atoms with van der Waals surface area (Å²) in [7, 11) is 1.23. The lowest BCUT2D eigenvalue weighted by atomic mass is 10.1. The van der Waals surface area contributed by atoms with Crippen LogP contribution in [-0.2, 0) is 14.3 Å². The predicted molar refractivity (Wildman–Crippen MR) is 88.4 cm³/mol. The van der Waals surface area contributed by atoms with E-state index in [9.17, 15) is 14.7 Å². The Labute approximate surface area is 137 Å². The van der Waals surface area contributed by atoms with E-state index in [-0.39, 0.29) is 15.8 Å². The Bertz CT molecular complexity index is 730. The van der Waals surface area contributed by atoms with Crippen molar-refractivity contribution in [1.82, 2.24) is 5.32 Å². The highest BCUT2D eigenvalue weighted by Crippen LogP contribution is 2.24. The number of benzene rings is 1. The van der Waals surface area contributed by atoms with Crippen LogP contribution < -0.4 is 5.32 Å². The molecule has 1 amide bonds. The zero-order valence-corrected chi connectivity index (χ0v) is 13.6. The van der Waals surface area contributed by atoms with Gasteiger partial charge in [0.1, 0.15) is 5.75 Å². The van der Waals surface area contributed by atoms with E-state index in [1.54, 1.807) is 6.07 Å². The van der Waals surface area contributed by atoms with Gasteiger partial charge in [-0.15, -0.1) is 5.10 Å². The standard InChI is InChI=1S/C15H15N3O4S/c1-8-4-9(2)10(11(19)5-8)7-16-18-15-17-14(21)12(23-15)6-13(20)22-3/h4-7,19H,1-3H3,(H,17,18,21)/b12-6+,16-7?. The maximum atomic E-state index is 11.6. The first-order valence-electron chi connectivity index (χ1n) is 6.61. The van der Waals surface area contributed by atoms with Gasteiger partial charge in [0.15, 0.2) is 5.17 Å². The molecule has 1 fully saturated rings. The third-order valence-corrected chi connectivity index (χ3v) is 3.85. The average Bonchev–Trinajstić information content (AvgIpc) is 2.81. The normalized spacial score (nSPS) is 18.0. The molecule has 0 saturated carbocycles. The van der Waals surface area contributed by atoms with Crippen LogP contribution in [0.1, 0.15) is 16.7 Å². The number of carbonyl (C=O) groups is 2. The van der Waals surface area contributed by atoms with Gasteiger partial charge in [-0.25, -0.2) is 4.79 Å². The molecule has 1 aliphatic heterocycles. The number of ether oxygens (including phenoxy) is 1. The minimum absolute atomic E-state index is 0.112. The molecule has 2 N–H and O–H groups in total. The van der Waals surface area contributed by atoms with E-state index in [1.165, 1.54) is 13.3 Å². The van der Waals surface area contributed by atoms with E-state index < -0.39 is 11.9 Å². The molecule has 2 rings (SSSR count).